The Labute approximate surface area is 79.1 Å². The van der Waals surface area contributed by atoms with E-state index in [0.29, 0.717) is 0 Å². The predicted octanol–water partition coefficient (Wildman–Crippen LogP) is 1.92. The van der Waals surface area contributed by atoms with Crippen molar-refractivity contribution in [3.63, 3.8) is 0 Å². The zero-order chi connectivity index (χ0) is 9.68. The number of hydrogen-bond acceptors (Lipinski definition) is 3. The van der Waals surface area contributed by atoms with Crippen LogP contribution in [0.2, 0.25) is 0 Å². The minimum Gasteiger partial charge on any atom is -0.380 e. The quantitative estimate of drug-likeness (QED) is 0.768. The van der Waals surface area contributed by atoms with Gasteiger partial charge in [-0.05, 0) is 26.0 Å². The Balaban J connectivity index is 2.50. The third-order valence-corrected chi connectivity index (χ3v) is 2.13. The summed E-state index contributed by atoms with van der Waals surface area (Å²) < 4.78 is 5.20. The van der Waals surface area contributed by atoms with Crippen LogP contribution in [0.1, 0.15) is 13.8 Å². The Morgan fingerprint density at radius 3 is 2.77 bits per heavy atom. The predicted molar refractivity (Wildman–Crippen MR) is 53.8 cm³/mol. The lowest BCUT2D eigenvalue weighted by Crippen LogP contribution is -2.29. The van der Waals surface area contributed by atoms with E-state index in [0.717, 1.165) is 5.69 Å². The van der Waals surface area contributed by atoms with E-state index >= 15 is 0 Å². The van der Waals surface area contributed by atoms with E-state index < -0.39 is 0 Å². The molecular weight excluding hydrogens is 164 g/mol. The van der Waals surface area contributed by atoms with E-state index in [1.807, 2.05) is 19.1 Å². The average molecular weight is 180 g/mol. The van der Waals surface area contributed by atoms with Crippen molar-refractivity contribution in [3.8, 4) is 0 Å². The fourth-order valence-corrected chi connectivity index (χ4v) is 1.03. The van der Waals surface area contributed by atoms with Gasteiger partial charge in [-0.1, -0.05) is 0 Å². The van der Waals surface area contributed by atoms with Crippen LogP contribution in [0.25, 0.3) is 0 Å². The van der Waals surface area contributed by atoms with Gasteiger partial charge in [0.05, 0.1) is 11.8 Å². The van der Waals surface area contributed by atoms with Gasteiger partial charge < -0.3 is 10.1 Å². The molecule has 3 heteroatoms. The van der Waals surface area contributed by atoms with Gasteiger partial charge in [-0.3, -0.25) is 4.98 Å². The summed E-state index contributed by atoms with van der Waals surface area (Å²) in [4.78, 5) is 4.02. The number of hydrogen-bond donors (Lipinski definition) is 1. The van der Waals surface area contributed by atoms with Crippen molar-refractivity contribution in [2.45, 2.75) is 26.0 Å². The third kappa shape index (κ3) is 3.03. The highest BCUT2D eigenvalue weighted by atomic mass is 16.5. The molecule has 0 saturated carbocycles. The van der Waals surface area contributed by atoms with Crippen molar-refractivity contribution in [2.24, 2.45) is 0 Å². The first-order chi connectivity index (χ1) is 6.24. The molecule has 0 aromatic carbocycles. The normalized spacial score (nSPS) is 15.0. The third-order valence-electron chi connectivity index (χ3n) is 2.13. The first kappa shape index (κ1) is 9.99. The maximum atomic E-state index is 5.20. The summed E-state index contributed by atoms with van der Waals surface area (Å²) >= 11 is 0. The van der Waals surface area contributed by atoms with Gasteiger partial charge in [0.25, 0.3) is 0 Å². The van der Waals surface area contributed by atoms with Crippen LogP contribution in [0, 0.1) is 0 Å². The van der Waals surface area contributed by atoms with Crippen LogP contribution < -0.4 is 5.32 Å². The number of methoxy groups -OCH3 is 1. The molecule has 0 aliphatic heterocycles. The fraction of sp³-hybridized carbons (Fsp3) is 0.500. The molecule has 1 aromatic rings. The van der Waals surface area contributed by atoms with E-state index in [9.17, 15) is 0 Å². The van der Waals surface area contributed by atoms with Crippen LogP contribution in [0.4, 0.5) is 5.69 Å². The van der Waals surface area contributed by atoms with Crippen molar-refractivity contribution in [2.75, 3.05) is 12.4 Å². The van der Waals surface area contributed by atoms with Gasteiger partial charge in [-0.2, -0.15) is 0 Å². The second-order valence-electron chi connectivity index (χ2n) is 3.12. The lowest BCUT2D eigenvalue weighted by Gasteiger charge is -2.20. The second-order valence-corrected chi connectivity index (χ2v) is 3.12. The van der Waals surface area contributed by atoms with E-state index in [1.54, 1.807) is 19.5 Å². The molecule has 1 N–H and O–H groups in total. The zero-order valence-corrected chi connectivity index (χ0v) is 8.32. The summed E-state index contributed by atoms with van der Waals surface area (Å²) in [5, 5.41) is 3.31. The second kappa shape index (κ2) is 4.82. The molecule has 1 heterocycles. The van der Waals surface area contributed by atoms with Crippen molar-refractivity contribution < 1.29 is 4.74 Å². The molecule has 13 heavy (non-hydrogen) atoms. The largest absolute Gasteiger partial charge is 0.380 e. The summed E-state index contributed by atoms with van der Waals surface area (Å²) in [5.74, 6) is 0. The Morgan fingerprint density at radius 1 is 1.46 bits per heavy atom. The summed E-state index contributed by atoms with van der Waals surface area (Å²) in [5.41, 5.74) is 1.03. The highest BCUT2D eigenvalue weighted by molar-refractivity contribution is 5.40. The topological polar surface area (TPSA) is 34.1 Å². The Morgan fingerprint density at radius 2 is 2.23 bits per heavy atom. The molecule has 1 aromatic heterocycles. The summed E-state index contributed by atoms with van der Waals surface area (Å²) in [6, 6.07) is 4.19. The maximum absolute atomic E-state index is 5.20. The SMILES string of the molecule is COC(C)C(C)Nc1cccnc1. The molecule has 2 atom stereocenters. The van der Waals surface area contributed by atoms with E-state index in [2.05, 4.69) is 17.2 Å². The molecular formula is C10H16N2O. The minimum absolute atomic E-state index is 0.195. The summed E-state index contributed by atoms with van der Waals surface area (Å²) in [6.07, 6.45) is 3.76. The molecule has 72 valence electrons. The Kier molecular flexibility index (Phi) is 3.71. The molecule has 0 aliphatic carbocycles. The number of rotatable bonds is 4. The van der Waals surface area contributed by atoms with Crippen LogP contribution in [0.5, 0.6) is 0 Å². The van der Waals surface area contributed by atoms with Crippen molar-refractivity contribution >= 4 is 5.69 Å². The van der Waals surface area contributed by atoms with Crippen molar-refractivity contribution in [3.05, 3.63) is 24.5 Å². The zero-order valence-electron chi connectivity index (χ0n) is 8.32. The molecule has 0 radical (unpaired) electrons. The maximum Gasteiger partial charge on any atom is 0.0741 e. The van der Waals surface area contributed by atoms with E-state index in [-0.39, 0.29) is 12.1 Å². The van der Waals surface area contributed by atoms with Crippen molar-refractivity contribution in [1.29, 1.82) is 0 Å². The monoisotopic (exact) mass is 180 g/mol. The van der Waals surface area contributed by atoms with Gasteiger partial charge in [-0.15, -0.1) is 0 Å². The fourth-order valence-electron chi connectivity index (χ4n) is 1.03. The molecule has 1 rings (SSSR count). The van der Waals surface area contributed by atoms with Gasteiger partial charge in [0, 0.05) is 25.5 Å². The molecule has 2 unspecified atom stereocenters. The Bertz CT molecular complexity index is 238. The van der Waals surface area contributed by atoms with E-state index in [1.165, 1.54) is 0 Å². The van der Waals surface area contributed by atoms with Crippen molar-refractivity contribution in [1.82, 2.24) is 4.98 Å². The number of pyridine rings is 1. The lowest BCUT2D eigenvalue weighted by molar-refractivity contribution is 0.106. The lowest BCUT2D eigenvalue weighted by atomic mass is 10.2. The first-order valence-corrected chi connectivity index (χ1v) is 4.43. The summed E-state index contributed by atoms with van der Waals surface area (Å²) in [7, 11) is 1.71. The first-order valence-electron chi connectivity index (χ1n) is 4.43. The molecule has 0 bridgehead atoms. The molecule has 3 nitrogen and oxygen atoms in total. The van der Waals surface area contributed by atoms with Crippen LogP contribution in [-0.2, 0) is 4.74 Å². The average Bonchev–Trinajstić information content (AvgIpc) is 2.18. The van der Waals surface area contributed by atoms with Crippen LogP contribution >= 0.6 is 0 Å². The van der Waals surface area contributed by atoms with Crippen LogP contribution in [0.15, 0.2) is 24.5 Å². The van der Waals surface area contributed by atoms with Crippen LogP contribution in [0.3, 0.4) is 0 Å². The Hall–Kier alpha value is -1.09. The van der Waals surface area contributed by atoms with Gasteiger partial charge in [0.2, 0.25) is 0 Å². The minimum atomic E-state index is 0.195. The number of nitrogens with one attached hydrogen (secondary N) is 1. The van der Waals surface area contributed by atoms with E-state index in [4.69, 9.17) is 4.74 Å². The molecule has 0 spiro atoms. The number of anilines is 1. The van der Waals surface area contributed by atoms with Gasteiger partial charge >= 0.3 is 0 Å². The van der Waals surface area contributed by atoms with Gasteiger partial charge in [-0.25, -0.2) is 0 Å². The summed E-state index contributed by atoms with van der Waals surface area (Å²) in [6.45, 7) is 4.12. The molecule has 0 amide bonds. The smallest absolute Gasteiger partial charge is 0.0741 e. The molecule has 0 saturated heterocycles. The standard InChI is InChI=1S/C10H16N2O/c1-8(9(2)13-3)12-10-5-4-6-11-7-10/h4-9,12H,1-3H3. The number of aromatic nitrogens is 1. The van der Waals surface area contributed by atoms with Gasteiger partial charge in [0.1, 0.15) is 0 Å². The number of ether oxygens (including phenoxy) is 1. The molecule has 0 aliphatic rings. The molecule has 0 fully saturated rings. The van der Waals surface area contributed by atoms with Crippen LogP contribution in [-0.4, -0.2) is 24.2 Å². The highest BCUT2D eigenvalue weighted by Crippen LogP contribution is 2.08. The van der Waals surface area contributed by atoms with Gasteiger partial charge in [0.15, 0.2) is 0 Å². The highest BCUT2D eigenvalue weighted by Gasteiger charge is 2.09. The number of nitrogens with zero attached hydrogens (tertiary/aromatic N) is 1.